The fourth-order valence-corrected chi connectivity index (χ4v) is 3.01. The van der Waals surface area contributed by atoms with Gasteiger partial charge in [-0.05, 0) is 24.6 Å². The Balaban J connectivity index is 1.37. The molecule has 0 saturated carbocycles. The van der Waals surface area contributed by atoms with Crippen molar-refractivity contribution in [3.63, 3.8) is 0 Å². The summed E-state index contributed by atoms with van der Waals surface area (Å²) in [6, 6.07) is 7.35. The zero-order valence-corrected chi connectivity index (χ0v) is 14.1. The fraction of sp³-hybridized carbons (Fsp3) is 0.389. The quantitative estimate of drug-likeness (QED) is 0.854. The maximum Gasteiger partial charge on any atom is 0.225 e. The molecule has 0 radical (unpaired) electrons. The molecule has 26 heavy (non-hydrogen) atoms. The van der Waals surface area contributed by atoms with Crippen molar-refractivity contribution < 1.29 is 23.6 Å². The molecule has 2 aliphatic rings. The molecule has 2 aliphatic heterocycles. The van der Waals surface area contributed by atoms with Gasteiger partial charge in [-0.2, -0.15) is 0 Å². The van der Waals surface area contributed by atoms with E-state index < -0.39 is 0 Å². The first kappa shape index (κ1) is 16.4. The number of aromatic nitrogens is 1. The summed E-state index contributed by atoms with van der Waals surface area (Å²) in [6.07, 6.45) is 0.954. The molecule has 1 aromatic heterocycles. The predicted molar refractivity (Wildman–Crippen MR) is 90.5 cm³/mol. The molecule has 2 aromatic rings. The van der Waals surface area contributed by atoms with Crippen LogP contribution in [0.2, 0.25) is 0 Å². The zero-order chi connectivity index (χ0) is 17.9. The molecular formula is C18H19N3O5. The Labute approximate surface area is 149 Å². The van der Waals surface area contributed by atoms with E-state index in [0.717, 1.165) is 5.56 Å². The van der Waals surface area contributed by atoms with Gasteiger partial charge in [0.2, 0.25) is 11.8 Å². The van der Waals surface area contributed by atoms with Gasteiger partial charge in [-0.15, -0.1) is 0 Å². The molecule has 8 nitrogen and oxygen atoms in total. The van der Waals surface area contributed by atoms with Gasteiger partial charge in [0.1, 0.15) is 18.9 Å². The lowest BCUT2D eigenvalue weighted by Gasteiger charge is -2.21. The Bertz CT molecular complexity index is 822. The molecule has 2 N–H and O–H groups in total. The highest BCUT2D eigenvalue weighted by molar-refractivity contribution is 5.83. The number of carbonyl (C=O) groups excluding carboxylic acids is 2. The van der Waals surface area contributed by atoms with E-state index in [-0.39, 0.29) is 24.3 Å². The van der Waals surface area contributed by atoms with Crippen molar-refractivity contribution in [3.05, 3.63) is 30.0 Å². The summed E-state index contributed by atoms with van der Waals surface area (Å²) in [6.45, 7) is 1.72. The van der Waals surface area contributed by atoms with E-state index in [1.54, 1.807) is 6.07 Å². The molecular weight excluding hydrogens is 338 g/mol. The first-order chi connectivity index (χ1) is 12.7. The molecule has 8 heteroatoms. The number of nitrogens with zero attached hydrogens (tertiary/aromatic N) is 1. The largest absolute Gasteiger partial charge is 0.486 e. The Hall–Kier alpha value is -3.03. The number of hydrogen-bond donors (Lipinski definition) is 2. The molecule has 0 aliphatic carbocycles. The molecule has 1 aromatic carbocycles. The monoisotopic (exact) mass is 357 g/mol. The second-order valence-electron chi connectivity index (χ2n) is 6.30. The van der Waals surface area contributed by atoms with Crippen LogP contribution in [-0.2, 0) is 16.1 Å². The molecule has 1 unspecified atom stereocenters. The summed E-state index contributed by atoms with van der Waals surface area (Å²) in [5.41, 5.74) is 1.46. The van der Waals surface area contributed by atoms with Crippen LogP contribution < -0.4 is 20.1 Å². The van der Waals surface area contributed by atoms with Crippen LogP contribution in [0.4, 0.5) is 0 Å². The summed E-state index contributed by atoms with van der Waals surface area (Å²) in [7, 11) is 0. The molecule has 3 heterocycles. The van der Waals surface area contributed by atoms with E-state index in [1.807, 2.05) is 18.2 Å². The van der Waals surface area contributed by atoms with Gasteiger partial charge in [-0.3, -0.25) is 9.59 Å². The lowest BCUT2D eigenvalue weighted by molar-refractivity contribution is -0.129. The number of benzene rings is 1. The number of hydrogen-bond acceptors (Lipinski definition) is 6. The lowest BCUT2D eigenvalue weighted by Crippen LogP contribution is -2.42. The minimum atomic E-state index is -0.197. The summed E-state index contributed by atoms with van der Waals surface area (Å²) in [5.74, 6) is 1.70. The Kier molecular flexibility index (Phi) is 4.47. The van der Waals surface area contributed by atoms with E-state index in [4.69, 9.17) is 14.0 Å². The topological polar surface area (TPSA) is 103 Å². The van der Waals surface area contributed by atoms with Crippen LogP contribution in [0.25, 0.3) is 11.3 Å². The van der Waals surface area contributed by atoms with Gasteiger partial charge in [-0.25, -0.2) is 0 Å². The minimum Gasteiger partial charge on any atom is -0.486 e. The van der Waals surface area contributed by atoms with Gasteiger partial charge in [0, 0.05) is 24.6 Å². The van der Waals surface area contributed by atoms with Crippen molar-refractivity contribution in [2.45, 2.75) is 19.4 Å². The van der Waals surface area contributed by atoms with Crippen LogP contribution in [0.5, 0.6) is 11.5 Å². The first-order valence-corrected chi connectivity index (χ1v) is 8.59. The average molecular weight is 357 g/mol. The average Bonchev–Trinajstić information content (AvgIpc) is 3.15. The number of amides is 2. The smallest absolute Gasteiger partial charge is 0.225 e. The molecule has 0 bridgehead atoms. The van der Waals surface area contributed by atoms with Crippen molar-refractivity contribution >= 4 is 11.8 Å². The van der Waals surface area contributed by atoms with Crippen molar-refractivity contribution in [1.29, 1.82) is 0 Å². The van der Waals surface area contributed by atoms with Crippen LogP contribution in [0.15, 0.2) is 28.8 Å². The minimum absolute atomic E-state index is 0.00498. The normalized spacial score (nSPS) is 18.9. The molecule has 4 rings (SSSR count). The van der Waals surface area contributed by atoms with Crippen molar-refractivity contribution in [1.82, 2.24) is 15.8 Å². The molecule has 1 saturated heterocycles. The van der Waals surface area contributed by atoms with Gasteiger partial charge in [-0.1, -0.05) is 5.16 Å². The van der Waals surface area contributed by atoms with Gasteiger partial charge in [0.15, 0.2) is 17.3 Å². The second kappa shape index (κ2) is 7.07. The molecule has 136 valence electrons. The summed E-state index contributed by atoms with van der Waals surface area (Å²) in [5, 5.41) is 9.55. The highest BCUT2D eigenvalue weighted by Gasteiger charge is 2.24. The van der Waals surface area contributed by atoms with Crippen LogP contribution >= 0.6 is 0 Å². The van der Waals surface area contributed by atoms with Gasteiger partial charge in [0.25, 0.3) is 0 Å². The number of fused-ring (bicyclic) bond motifs is 1. The Morgan fingerprint density at radius 1 is 1.23 bits per heavy atom. The highest BCUT2D eigenvalue weighted by Crippen LogP contribution is 2.34. The lowest BCUT2D eigenvalue weighted by atomic mass is 9.98. The summed E-state index contributed by atoms with van der Waals surface area (Å²) >= 11 is 0. The third-order valence-corrected chi connectivity index (χ3v) is 4.47. The van der Waals surface area contributed by atoms with Gasteiger partial charge < -0.3 is 24.6 Å². The SMILES string of the molecule is O=C1CCC(C(=O)NCc2cc(-c3ccc4c(c3)OCCO4)on2)CN1. The van der Waals surface area contributed by atoms with Crippen molar-refractivity contribution in [3.8, 4) is 22.8 Å². The standard InChI is InChI=1S/C18H19N3O5/c22-17-4-2-12(9-19-17)18(23)20-10-13-8-15(26-21-13)11-1-3-14-16(7-11)25-6-5-24-14/h1,3,7-8,12H,2,4-6,9-10H2,(H,19,22)(H,20,23). The van der Waals surface area contributed by atoms with E-state index in [9.17, 15) is 9.59 Å². The maximum absolute atomic E-state index is 12.2. The number of ether oxygens (including phenoxy) is 2. The molecule has 0 spiro atoms. The van der Waals surface area contributed by atoms with Crippen LogP contribution in [0.1, 0.15) is 18.5 Å². The van der Waals surface area contributed by atoms with Gasteiger partial charge in [0.05, 0.1) is 12.5 Å². The van der Waals surface area contributed by atoms with Crippen molar-refractivity contribution in [2.75, 3.05) is 19.8 Å². The van der Waals surface area contributed by atoms with Crippen LogP contribution in [0.3, 0.4) is 0 Å². The molecule has 1 atom stereocenters. The predicted octanol–water partition coefficient (Wildman–Crippen LogP) is 1.26. The number of piperidine rings is 1. The first-order valence-electron chi connectivity index (χ1n) is 8.59. The van der Waals surface area contributed by atoms with E-state index in [2.05, 4.69) is 15.8 Å². The third kappa shape index (κ3) is 3.49. The molecule has 1 fully saturated rings. The van der Waals surface area contributed by atoms with E-state index in [1.165, 1.54) is 0 Å². The van der Waals surface area contributed by atoms with Crippen LogP contribution in [-0.4, -0.2) is 36.7 Å². The van der Waals surface area contributed by atoms with Gasteiger partial charge >= 0.3 is 0 Å². The fourth-order valence-electron chi connectivity index (χ4n) is 3.01. The Morgan fingerprint density at radius 2 is 2.08 bits per heavy atom. The number of carbonyl (C=O) groups is 2. The third-order valence-electron chi connectivity index (χ3n) is 4.47. The highest BCUT2D eigenvalue weighted by atomic mass is 16.6. The maximum atomic E-state index is 12.2. The summed E-state index contributed by atoms with van der Waals surface area (Å²) < 4.78 is 16.5. The zero-order valence-electron chi connectivity index (χ0n) is 14.1. The number of nitrogens with one attached hydrogen (secondary N) is 2. The molecule has 2 amide bonds. The summed E-state index contributed by atoms with van der Waals surface area (Å²) in [4.78, 5) is 23.3. The van der Waals surface area contributed by atoms with E-state index in [0.29, 0.717) is 55.6 Å². The Morgan fingerprint density at radius 3 is 2.88 bits per heavy atom. The number of rotatable bonds is 4. The van der Waals surface area contributed by atoms with Crippen molar-refractivity contribution in [2.24, 2.45) is 5.92 Å². The second-order valence-corrected chi connectivity index (χ2v) is 6.30. The van der Waals surface area contributed by atoms with E-state index >= 15 is 0 Å². The van der Waals surface area contributed by atoms with Crippen LogP contribution in [0, 0.1) is 5.92 Å².